The van der Waals surface area contributed by atoms with E-state index in [9.17, 15) is 0 Å². The molecule has 0 saturated heterocycles. The minimum absolute atomic E-state index is 0.984. The maximum absolute atomic E-state index is 5.04. The molecule has 15 heavy (non-hydrogen) atoms. The molecule has 1 aromatic rings. The molecular weight excluding hydrogens is 188 g/mol. The van der Waals surface area contributed by atoms with Crippen LogP contribution < -0.4 is 5.32 Å². The topological polar surface area (TPSA) is 28.4 Å². The predicted molar refractivity (Wildman–Crippen MR) is 62.8 cm³/mol. The molecule has 1 heterocycles. The second-order valence-electron chi connectivity index (χ2n) is 3.93. The van der Waals surface area contributed by atoms with E-state index in [2.05, 4.69) is 24.2 Å². The maximum Gasteiger partial charge on any atom is 0.0947 e. The molecule has 0 aromatic carbocycles. The van der Waals surface area contributed by atoms with Gasteiger partial charge in [-0.25, -0.2) is 0 Å². The largest absolute Gasteiger partial charge is 0.472 e. The normalized spacial score (nSPS) is 11.1. The molecule has 0 spiro atoms. The highest BCUT2D eigenvalue weighted by atomic mass is 16.3. The Morgan fingerprint density at radius 1 is 1.40 bits per heavy atom. The van der Waals surface area contributed by atoms with Crippen LogP contribution in [0.4, 0.5) is 0 Å². The smallest absolute Gasteiger partial charge is 0.0947 e. The summed E-state index contributed by atoms with van der Waals surface area (Å²) in [4.78, 5) is 2.33. The zero-order valence-electron chi connectivity index (χ0n) is 9.83. The maximum atomic E-state index is 5.04. The number of nitrogens with zero attached hydrogens (tertiary/aromatic N) is 1. The summed E-state index contributed by atoms with van der Waals surface area (Å²) >= 11 is 0. The highest BCUT2D eigenvalue weighted by molar-refractivity contribution is 5.04. The average molecular weight is 210 g/mol. The Balaban J connectivity index is 2.01. The third-order valence-electron chi connectivity index (χ3n) is 2.43. The lowest BCUT2D eigenvalue weighted by Crippen LogP contribution is -2.20. The van der Waals surface area contributed by atoms with Crippen LogP contribution >= 0.6 is 0 Å². The Hall–Kier alpha value is -0.800. The Labute approximate surface area is 92.5 Å². The van der Waals surface area contributed by atoms with E-state index in [4.69, 9.17) is 4.42 Å². The van der Waals surface area contributed by atoms with E-state index in [0.29, 0.717) is 0 Å². The molecular formula is C12H22N2O. The van der Waals surface area contributed by atoms with Crippen LogP contribution in [0.5, 0.6) is 0 Å². The van der Waals surface area contributed by atoms with E-state index < -0.39 is 0 Å². The van der Waals surface area contributed by atoms with E-state index in [1.165, 1.54) is 18.4 Å². The second-order valence-corrected chi connectivity index (χ2v) is 3.93. The molecule has 3 heteroatoms. The van der Waals surface area contributed by atoms with E-state index in [-0.39, 0.29) is 0 Å². The molecule has 0 aliphatic heterocycles. The van der Waals surface area contributed by atoms with E-state index >= 15 is 0 Å². The van der Waals surface area contributed by atoms with Crippen LogP contribution in [0.1, 0.15) is 25.3 Å². The lowest BCUT2D eigenvalue weighted by atomic mass is 10.2. The van der Waals surface area contributed by atoms with Crippen LogP contribution in [-0.2, 0) is 6.54 Å². The Kier molecular flexibility index (Phi) is 6.12. The van der Waals surface area contributed by atoms with Gasteiger partial charge in [-0.2, -0.15) is 0 Å². The van der Waals surface area contributed by atoms with Gasteiger partial charge in [0.1, 0.15) is 0 Å². The van der Waals surface area contributed by atoms with Crippen LogP contribution in [-0.4, -0.2) is 31.6 Å². The van der Waals surface area contributed by atoms with Crippen LogP contribution in [0.2, 0.25) is 0 Å². The number of nitrogens with one attached hydrogen (secondary N) is 1. The molecule has 0 aliphatic carbocycles. The van der Waals surface area contributed by atoms with Crippen LogP contribution in [0.25, 0.3) is 0 Å². The Morgan fingerprint density at radius 2 is 2.27 bits per heavy atom. The van der Waals surface area contributed by atoms with E-state index in [1.807, 2.05) is 12.3 Å². The number of hydrogen-bond donors (Lipinski definition) is 1. The highest BCUT2D eigenvalue weighted by Crippen LogP contribution is 2.04. The van der Waals surface area contributed by atoms with Gasteiger partial charge in [-0.3, -0.25) is 0 Å². The van der Waals surface area contributed by atoms with Crippen molar-refractivity contribution in [1.82, 2.24) is 10.2 Å². The summed E-state index contributed by atoms with van der Waals surface area (Å²) < 4.78 is 5.04. The predicted octanol–water partition coefficient (Wildman–Crippen LogP) is 2.10. The van der Waals surface area contributed by atoms with Crippen molar-refractivity contribution in [2.24, 2.45) is 0 Å². The molecule has 3 nitrogen and oxygen atoms in total. The standard InChI is InChI=1S/C12H22N2O/c1-3-13-7-4-5-8-14(2)10-12-6-9-15-11-12/h6,9,11,13H,3-5,7-8,10H2,1-2H3. The summed E-state index contributed by atoms with van der Waals surface area (Å²) in [7, 11) is 2.15. The first-order valence-electron chi connectivity index (χ1n) is 5.73. The zero-order valence-corrected chi connectivity index (χ0v) is 9.83. The van der Waals surface area contributed by atoms with Crippen LogP contribution in [0.3, 0.4) is 0 Å². The molecule has 0 aliphatic rings. The van der Waals surface area contributed by atoms with Crippen LogP contribution in [0, 0.1) is 0 Å². The first-order valence-corrected chi connectivity index (χ1v) is 5.73. The molecule has 0 atom stereocenters. The minimum atomic E-state index is 0.984. The molecule has 1 aromatic heterocycles. The van der Waals surface area contributed by atoms with Gasteiger partial charge in [-0.1, -0.05) is 6.92 Å². The van der Waals surface area contributed by atoms with E-state index in [0.717, 1.165) is 26.2 Å². The first-order chi connectivity index (χ1) is 7.33. The molecule has 0 unspecified atom stereocenters. The molecule has 0 radical (unpaired) electrons. The van der Waals surface area contributed by atoms with Gasteiger partial charge in [0.2, 0.25) is 0 Å². The third-order valence-corrected chi connectivity index (χ3v) is 2.43. The summed E-state index contributed by atoms with van der Waals surface area (Å²) in [5, 5.41) is 3.33. The van der Waals surface area contributed by atoms with Crippen molar-refractivity contribution in [2.45, 2.75) is 26.3 Å². The third kappa shape index (κ3) is 5.60. The SMILES string of the molecule is CCNCCCCN(C)Cc1ccoc1. The van der Waals surface area contributed by atoms with Crippen molar-refractivity contribution in [1.29, 1.82) is 0 Å². The van der Waals surface area contributed by atoms with Gasteiger partial charge in [0.15, 0.2) is 0 Å². The molecule has 0 bridgehead atoms. The average Bonchev–Trinajstić information content (AvgIpc) is 2.70. The van der Waals surface area contributed by atoms with Gasteiger partial charge in [0, 0.05) is 12.1 Å². The number of hydrogen-bond acceptors (Lipinski definition) is 3. The quantitative estimate of drug-likeness (QED) is 0.666. The fraction of sp³-hybridized carbons (Fsp3) is 0.667. The second kappa shape index (κ2) is 7.49. The zero-order chi connectivity index (χ0) is 10.9. The summed E-state index contributed by atoms with van der Waals surface area (Å²) in [6, 6.07) is 2.02. The monoisotopic (exact) mass is 210 g/mol. The molecule has 0 fully saturated rings. The van der Waals surface area contributed by atoms with Gasteiger partial charge in [-0.05, 0) is 45.6 Å². The summed E-state index contributed by atoms with van der Waals surface area (Å²) in [5.41, 5.74) is 1.25. The van der Waals surface area contributed by atoms with Crippen molar-refractivity contribution in [3.8, 4) is 0 Å². The van der Waals surface area contributed by atoms with Crippen molar-refractivity contribution in [3.05, 3.63) is 24.2 Å². The Morgan fingerprint density at radius 3 is 2.93 bits per heavy atom. The number of unbranched alkanes of at least 4 members (excludes halogenated alkanes) is 1. The van der Waals surface area contributed by atoms with Crippen molar-refractivity contribution >= 4 is 0 Å². The van der Waals surface area contributed by atoms with Gasteiger partial charge >= 0.3 is 0 Å². The fourth-order valence-corrected chi connectivity index (χ4v) is 1.58. The van der Waals surface area contributed by atoms with Gasteiger partial charge in [-0.15, -0.1) is 0 Å². The minimum Gasteiger partial charge on any atom is -0.472 e. The lowest BCUT2D eigenvalue weighted by Gasteiger charge is -2.15. The number of rotatable bonds is 8. The summed E-state index contributed by atoms with van der Waals surface area (Å²) in [5.74, 6) is 0. The van der Waals surface area contributed by atoms with Gasteiger partial charge < -0.3 is 14.6 Å². The fourth-order valence-electron chi connectivity index (χ4n) is 1.58. The first kappa shape index (κ1) is 12.3. The molecule has 1 N–H and O–H groups in total. The van der Waals surface area contributed by atoms with Crippen molar-refractivity contribution in [2.75, 3.05) is 26.7 Å². The molecule has 1 rings (SSSR count). The molecule has 86 valence electrons. The summed E-state index contributed by atoms with van der Waals surface area (Å²) in [6.45, 7) is 6.49. The highest BCUT2D eigenvalue weighted by Gasteiger charge is 2.00. The Bertz CT molecular complexity index is 234. The van der Waals surface area contributed by atoms with E-state index in [1.54, 1.807) is 6.26 Å². The molecule has 0 saturated carbocycles. The van der Waals surface area contributed by atoms with Crippen molar-refractivity contribution < 1.29 is 4.42 Å². The van der Waals surface area contributed by atoms with Crippen LogP contribution in [0.15, 0.2) is 23.0 Å². The van der Waals surface area contributed by atoms with Crippen molar-refractivity contribution in [3.63, 3.8) is 0 Å². The lowest BCUT2D eigenvalue weighted by molar-refractivity contribution is 0.317. The molecule has 0 amide bonds. The van der Waals surface area contributed by atoms with Gasteiger partial charge in [0.05, 0.1) is 12.5 Å². The number of furan rings is 1. The van der Waals surface area contributed by atoms with Gasteiger partial charge in [0.25, 0.3) is 0 Å². The summed E-state index contributed by atoms with van der Waals surface area (Å²) in [6.07, 6.45) is 6.05.